The first-order valence-electron chi connectivity index (χ1n) is 23.2. The molecule has 71 heavy (non-hydrogen) atoms. The van der Waals surface area contributed by atoms with E-state index in [1.165, 1.54) is 0 Å². The van der Waals surface area contributed by atoms with Gasteiger partial charge in [-0.25, -0.2) is 13.1 Å². The number of hydrogen-bond acceptors (Lipinski definition) is 19. The SMILES string of the molecule is NC(=O)c1nnc(N2CCC[C@@H](N)C2)nc1Nc1ccc(C(=O)N2CCOCC2)cc1.NC(=O)c1nnc(N2CCC[C@@H](NS(=O)(=O)c3ccccc3)C2)nc1Nc1ccc(C(=O)N2CCOCC2)cc1. The number of primary amides is 2. The Kier molecular flexibility index (Phi) is 16.2. The van der Waals surface area contributed by atoms with Gasteiger partial charge in [0.2, 0.25) is 21.9 Å². The van der Waals surface area contributed by atoms with Crippen LogP contribution in [0.4, 0.5) is 34.9 Å². The van der Waals surface area contributed by atoms with Crippen molar-refractivity contribution >= 4 is 68.6 Å². The minimum Gasteiger partial charge on any atom is -0.378 e. The number of piperidine rings is 2. The Morgan fingerprint density at radius 2 is 1.03 bits per heavy atom. The smallest absolute Gasteiger partial charge is 0.273 e. The fourth-order valence-electron chi connectivity index (χ4n) is 8.31. The molecule has 4 amide bonds. The number of morpholine rings is 2. The van der Waals surface area contributed by atoms with E-state index in [-0.39, 0.29) is 57.8 Å². The zero-order valence-corrected chi connectivity index (χ0v) is 39.7. The third kappa shape index (κ3) is 12.9. The number of benzene rings is 3. The van der Waals surface area contributed by atoms with Gasteiger partial charge in [0.15, 0.2) is 23.0 Å². The lowest BCUT2D eigenvalue weighted by Gasteiger charge is -2.32. The van der Waals surface area contributed by atoms with Gasteiger partial charge in [0, 0.05) is 86.9 Å². The molecular weight excluding hydrogens is 937 g/mol. The second-order valence-corrected chi connectivity index (χ2v) is 18.8. The number of aromatic nitrogens is 6. The number of ether oxygens (including phenoxy) is 2. The minimum absolute atomic E-state index is 0.0416. The number of anilines is 6. The van der Waals surface area contributed by atoms with Crippen LogP contribution in [-0.4, -0.2) is 163 Å². The van der Waals surface area contributed by atoms with Crippen molar-refractivity contribution in [2.45, 2.75) is 42.7 Å². The summed E-state index contributed by atoms with van der Waals surface area (Å²) in [6.07, 6.45) is 3.23. The lowest BCUT2D eigenvalue weighted by Crippen LogP contribution is -2.48. The highest BCUT2D eigenvalue weighted by Gasteiger charge is 2.29. The van der Waals surface area contributed by atoms with Crippen molar-refractivity contribution in [1.29, 1.82) is 0 Å². The number of carbonyl (C=O) groups is 4. The average Bonchev–Trinajstić information content (AvgIpc) is 3.39. The van der Waals surface area contributed by atoms with Crippen LogP contribution in [-0.2, 0) is 19.5 Å². The Morgan fingerprint density at radius 1 is 0.577 bits per heavy atom. The van der Waals surface area contributed by atoms with Crippen LogP contribution >= 0.6 is 0 Å². The second kappa shape index (κ2) is 23.0. The van der Waals surface area contributed by atoms with Gasteiger partial charge >= 0.3 is 0 Å². The highest BCUT2D eigenvalue weighted by molar-refractivity contribution is 7.89. The Bertz CT molecular complexity index is 2780. The van der Waals surface area contributed by atoms with Crippen LogP contribution in [0.15, 0.2) is 83.8 Å². The lowest BCUT2D eigenvalue weighted by molar-refractivity contribution is 0.0301. The van der Waals surface area contributed by atoms with Gasteiger partial charge < -0.3 is 56.9 Å². The van der Waals surface area contributed by atoms with Crippen LogP contribution in [0, 0.1) is 0 Å². The van der Waals surface area contributed by atoms with Crippen molar-refractivity contribution in [2.75, 3.05) is 99.2 Å². The van der Waals surface area contributed by atoms with Gasteiger partial charge in [-0.1, -0.05) is 18.2 Å². The normalized spacial score (nSPS) is 18.4. The molecule has 24 nitrogen and oxygen atoms in total. The molecule has 9 N–H and O–H groups in total. The van der Waals surface area contributed by atoms with Crippen molar-refractivity contribution in [3.8, 4) is 0 Å². The Morgan fingerprint density at radius 3 is 1.48 bits per heavy atom. The maximum absolute atomic E-state index is 12.8. The molecule has 0 radical (unpaired) electrons. The summed E-state index contributed by atoms with van der Waals surface area (Å²) in [4.78, 5) is 65.6. The number of nitrogens with one attached hydrogen (secondary N) is 3. The molecule has 6 heterocycles. The molecule has 2 aromatic heterocycles. The van der Waals surface area contributed by atoms with Gasteiger partial charge in [-0.15, -0.1) is 20.4 Å². The summed E-state index contributed by atoms with van der Waals surface area (Å²) in [6, 6.07) is 21.6. The first kappa shape index (κ1) is 50.0. The number of rotatable bonds is 13. The van der Waals surface area contributed by atoms with E-state index in [0.717, 1.165) is 19.4 Å². The largest absolute Gasteiger partial charge is 0.378 e. The molecule has 0 unspecified atom stereocenters. The first-order valence-corrected chi connectivity index (χ1v) is 24.7. The Labute approximate surface area is 409 Å². The Hall–Kier alpha value is -7.45. The van der Waals surface area contributed by atoms with Crippen molar-refractivity contribution in [2.24, 2.45) is 17.2 Å². The molecule has 2 atom stereocenters. The Balaban J connectivity index is 0.000000197. The van der Waals surface area contributed by atoms with Gasteiger partial charge in [-0.3, -0.25) is 19.2 Å². The van der Waals surface area contributed by atoms with Gasteiger partial charge in [0.25, 0.3) is 23.6 Å². The van der Waals surface area contributed by atoms with Gasteiger partial charge in [-0.05, 0) is 86.3 Å². The van der Waals surface area contributed by atoms with E-state index in [1.54, 1.807) is 88.7 Å². The van der Waals surface area contributed by atoms with Crippen molar-refractivity contribution in [3.05, 3.63) is 101 Å². The third-order valence-corrected chi connectivity index (χ3v) is 13.6. The summed E-state index contributed by atoms with van der Waals surface area (Å²) in [5.74, 6) is -0.720. The van der Waals surface area contributed by atoms with Crippen molar-refractivity contribution < 1.29 is 37.1 Å². The van der Waals surface area contributed by atoms with Gasteiger partial charge in [-0.2, -0.15) is 9.97 Å². The van der Waals surface area contributed by atoms with Crippen molar-refractivity contribution in [1.82, 2.24) is 44.9 Å². The number of amides is 4. The van der Waals surface area contributed by atoms with E-state index in [4.69, 9.17) is 26.7 Å². The number of carbonyl (C=O) groups excluding carboxylic acids is 4. The van der Waals surface area contributed by atoms with E-state index in [0.29, 0.717) is 114 Å². The molecule has 374 valence electrons. The van der Waals surface area contributed by atoms with Crippen LogP contribution in [0.2, 0.25) is 0 Å². The van der Waals surface area contributed by atoms with E-state index in [1.807, 2.05) is 9.80 Å². The zero-order chi connectivity index (χ0) is 49.9. The molecule has 0 spiro atoms. The first-order chi connectivity index (χ1) is 34.3. The number of nitrogens with two attached hydrogens (primary N) is 3. The van der Waals surface area contributed by atoms with E-state index < -0.39 is 21.8 Å². The van der Waals surface area contributed by atoms with E-state index >= 15 is 0 Å². The molecule has 0 bridgehead atoms. The van der Waals surface area contributed by atoms with E-state index in [9.17, 15) is 27.6 Å². The molecule has 0 aliphatic carbocycles. The number of nitrogens with zero attached hydrogens (tertiary/aromatic N) is 10. The summed E-state index contributed by atoms with van der Waals surface area (Å²) in [5.41, 5.74) is 19.1. The third-order valence-electron chi connectivity index (χ3n) is 12.0. The predicted molar refractivity (Wildman–Crippen MR) is 261 cm³/mol. The number of hydrogen-bond donors (Lipinski definition) is 6. The standard InChI is InChI=1S/C26H30N8O5S.C20H26N8O3/c27-23(35)22-24(28-19-10-8-18(9-11-19)25(36)33-13-15-39-16-14-33)29-26(31-30-22)34-12-4-5-20(17-34)32-40(37,38)21-6-2-1-3-7-21;21-14-2-1-7-28(12-14)20-24-18(16(17(22)29)25-26-20)23-15-5-3-13(4-6-15)19(30)27-8-10-31-11-9-27/h1-3,6-11,20,32H,4-5,12-17H2,(H2,27,35)(H,28,29,31);3-6,14H,1-2,7-12,21H2,(H2,22,29)(H,23,24,26)/t20-;14-/m11/s1. The maximum Gasteiger partial charge on any atom is 0.273 e. The average molecular weight is 993 g/mol. The van der Waals surface area contributed by atoms with Crippen LogP contribution < -0.4 is 42.4 Å². The molecule has 0 saturated carbocycles. The fourth-order valence-corrected chi connectivity index (χ4v) is 9.59. The van der Waals surface area contributed by atoms with Crippen molar-refractivity contribution in [3.63, 3.8) is 0 Å². The lowest BCUT2D eigenvalue weighted by atomic mass is 10.1. The quantitative estimate of drug-likeness (QED) is 0.0967. The van der Waals surface area contributed by atoms with Gasteiger partial charge in [0.1, 0.15) is 0 Å². The minimum atomic E-state index is -3.69. The molecule has 4 fully saturated rings. The number of sulfonamides is 1. The van der Waals surface area contributed by atoms with Crippen LogP contribution in [0.5, 0.6) is 0 Å². The van der Waals surface area contributed by atoms with Crippen LogP contribution in [0.3, 0.4) is 0 Å². The van der Waals surface area contributed by atoms with Crippen LogP contribution in [0.1, 0.15) is 67.4 Å². The fraction of sp³-hybridized carbons (Fsp3) is 0.391. The topological polar surface area (TPSA) is 325 Å². The summed E-state index contributed by atoms with van der Waals surface area (Å²) in [6.45, 7) is 6.66. The second-order valence-electron chi connectivity index (χ2n) is 17.1. The van der Waals surface area contributed by atoms with E-state index in [2.05, 4.69) is 45.7 Å². The predicted octanol–water partition coefficient (Wildman–Crippen LogP) is 1.25. The highest BCUT2D eigenvalue weighted by Crippen LogP contribution is 2.25. The van der Waals surface area contributed by atoms with Crippen LogP contribution in [0.25, 0.3) is 0 Å². The summed E-state index contributed by atoms with van der Waals surface area (Å²) >= 11 is 0. The molecule has 9 rings (SSSR count). The molecule has 5 aromatic rings. The van der Waals surface area contributed by atoms with Gasteiger partial charge in [0.05, 0.1) is 31.3 Å². The molecule has 4 aliphatic rings. The monoisotopic (exact) mass is 992 g/mol. The summed E-state index contributed by atoms with van der Waals surface area (Å²) in [7, 11) is -3.69. The summed E-state index contributed by atoms with van der Waals surface area (Å²) < 4.78 is 39.0. The molecule has 4 aliphatic heterocycles. The zero-order valence-electron chi connectivity index (χ0n) is 38.9. The maximum atomic E-state index is 12.8. The molecular formula is C46H56N16O8S. The molecule has 3 aromatic carbocycles. The summed E-state index contributed by atoms with van der Waals surface area (Å²) in [5, 5.41) is 22.3. The highest BCUT2D eigenvalue weighted by atomic mass is 32.2. The molecule has 4 saturated heterocycles. The molecule has 25 heteroatoms.